The number of Topliss-reactive ketones (excluding diaryl/α,β-unsaturated/α-hetero) is 2. The van der Waals surface area contributed by atoms with Gasteiger partial charge in [0.1, 0.15) is 5.70 Å². The van der Waals surface area contributed by atoms with Gasteiger partial charge in [0, 0.05) is 31.2 Å². The maximum Gasteiger partial charge on any atom is 0.249 e. The molecule has 6 rings (SSSR count). The van der Waals surface area contributed by atoms with Gasteiger partial charge in [0.2, 0.25) is 17.3 Å². The first kappa shape index (κ1) is 29.1. The first-order valence-corrected chi connectivity index (χ1v) is 14.8. The minimum Gasteiger partial charge on any atom is -0.400 e. The highest BCUT2D eigenvalue weighted by Gasteiger charge is 2.32. The number of ketones is 2. The molecule has 5 aromatic rings. The smallest absolute Gasteiger partial charge is 0.249 e. The zero-order chi connectivity index (χ0) is 29.5. The molecule has 0 unspecified atom stereocenters. The van der Waals surface area contributed by atoms with E-state index >= 15 is 0 Å². The number of aromatic nitrogens is 1. The molecule has 0 atom stereocenters. The summed E-state index contributed by atoms with van der Waals surface area (Å²) in [5.74, 6) is -0.350. The molecule has 1 aromatic heterocycles. The molecular formula is C35H34N3O3S+. The van der Waals surface area contributed by atoms with E-state index in [2.05, 4.69) is 77.8 Å². The second kappa shape index (κ2) is 13.5. The van der Waals surface area contributed by atoms with E-state index in [1.54, 1.807) is 35.6 Å². The molecule has 0 aliphatic heterocycles. The van der Waals surface area contributed by atoms with Crippen LogP contribution < -0.4 is 11.1 Å². The number of carbonyl (C=O) groups is 2. The Balaban J connectivity index is 0.00000173. The summed E-state index contributed by atoms with van der Waals surface area (Å²) >= 11 is 1.78. The van der Waals surface area contributed by atoms with Gasteiger partial charge in [0.05, 0.1) is 15.2 Å². The number of fused-ring (bicyclic) bond motifs is 2. The molecule has 212 valence electrons. The topological polar surface area (TPSA) is 107 Å². The third-order valence-corrected chi connectivity index (χ3v) is 8.45. The zero-order valence-electron chi connectivity index (χ0n) is 23.6. The predicted octanol–water partition coefficient (Wildman–Crippen LogP) is 5.41. The lowest BCUT2D eigenvalue weighted by Gasteiger charge is -2.17. The highest BCUT2D eigenvalue weighted by Crippen LogP contribution is 2.29. The van der Waals surface area contributed by atoms with Crippen LogP contribution in [0.4, 0.5) is 0 Å². The van der Waals surface area contributed by atoms with Crippen LogP contribution in [-0.2, 0) is 19.3 Å². The molecule has 0 amide bonds. The fourth-order valence-corrected chi connectivity index (χ4v) is 6.09. The van der Waals surface area contributed by atoms with Crippen molar-refractivity contribution in [2.75, 3.05) is 13.7 Å². The van der Waals surface area contributed by atoms with Crippen LogP contribution in [-0.4, -0.2) is 35.3 Å². The molecule has 1 aliphatic carbocycles. The molecule has 0 fully saturated rings. The van der Waals surface area contributed by atoms with Crippen molar-refractivity contribution in [1.29, 1.82) is 0 Å². The number of thiazole rings is 1. The third-order valence-electron chi connectivity index (χ3n) is 7.35. The van der Waals surface area contributed by atoms with E-state index < -0.39 is 0 Å². The molecular weight excluding hydrogens is 542 g/mol. The second-order valence-electron chi connectivity index (χ2n) is 10.1. The molecule has 6 nitrogen and oxygen atoms in total. The number of benzene rings is 4. The molecule has 0 radical (unpaired) electrons. The Hall–Kier alpha value is -4.43. The number of quaternary nitrogens is 1. The Morgan fingerprint density at radius 3 is 2.12 bits per heavy atom. The van der Waals surface area contributed by atoms with Crippen LogP contribution in [0.1, 0.15) is 43.3 Å². The maximum atomic E-state index is 12.9. The Morgan fingerprint density at radius 1 is 0.738 bits per heavy atom. The molecule has 4 aromatic carbocycles. The summed E-state index contributed by atoms with van der Waals surface area (Å²) in [6.07, 6.45) is 3.64. The first-order chi connectivity index (χ1) is 20.6. The molecule has 0 saturated heterocycles. The van der Waals surface area contributed by atoms with E-state index in [0.29, 0.717) is 23.4 Å². The molecule has 5 N–H and O–H groups in total. The average Bonchev–Trinajstić information content (AvgIpc) is 3.46. The van der Waals surface area contributed by atoms with Gasteiger partial charge < -0.3 is 16.2 Å². The van der Waals surface area contributed by atoms with Gasteiger partial charge in [-0.15, -0.1) is 11.3 Å². The minimum atomic E-state index is -0.187. The van der Waals surface area contributed by atoms with Crippen molar-refractivity contribution in [3.8, 4) is 11.1 Å². The number of carbonyl (C=O) groups excluding carboxylic acids is 2. The number of aliphatic hydroxyl groups is 1. The predicted molar refractivity (Wildman–Crippen MR) is 168 cm³/mol. The number of hydrogen-bond donors (Lipinski definition) is 3. The number of hydrogen-bond acceptors (Lipinski definition) is 6. The van der Waals surface area contributed by atoms with Crippen LogP contribution >= 0.6 is 11.3 Å². The van der Waals surface area contributed by atoms with Crippen LogP contribution in [0.25, 0.3) is 21.3 Å². The molecule has 7 heteroatoms. The zero-order valence-corrected chi connectivity index (χ0v) is 24.4. The van der Waals surface area contributed by atoms with Crippen molar-refractivity contribution >= 4 is 33.1 Å². The van der Waals surface area contributed by atoms with Crippen LogP contribution in [0.15, 0.2) is 108 Å². The summed E-state index contributed by atoms with van der Waals surface area (Å²) in [4.78, 5) is 30.4. The first-order valence-electron chi connectivity index (χ1n) is 14.0. The minimum absolute atomic E-state index is 0.162. The monoisotopic (exact) mass is 576 g/mol. The van der Waals surface area contributed by atoms with Crippen LogP contribution in [0.2, 0.25) is 0 Å². The van der Waals surface area contributed by atoms with Crippen LogP contribution in [0.3, 0.4) is 0 Å². The van der Waals surface area contributed by atoms with Crippen molar-refractivity contribution in [1.82, 2.24) is 10.3 Å². The lowest BCUT2D eigenvalue weighted by Crippen LogP contribution is -2.56. The van der Waals surface area contributed by atoms with Gasteiger partial charge in [0.15, 0.2) is 0 Å². The fourth-order valence-electron chi connectivity index (χ4n) is 5.14. The van der Waals surface area contributed by atoms with Crippen LogP contribution in [0.5, 0.6) is 0 Å². The normalized spacial score (nSPS) is 12.6. The van der Waals surface area contributed by atoms with E-state index in [1.807, 2.05) is 6.07 Å². The lowest BCUT2D eigenvalue weighted by atomic mass is 9.90. The second-order valence-corrected chi connectivity index (χ2v) is 11.2. The Morgan fingerprint density at radius 2 is 1.38 bits per heavy atom. The number of nitrogens with zero attached hydrogens (tertiary/aromatic N) is 1. The number of rotatable bonds is 9. The Kier molecular flexibility index (Phi) is 9.34. The number of aryl methyl sites for hydroxylation is 3. The van der Waals surface area contributed by atoms with Gasteiger partial charge in [-0.1, -0.05) is 84.9 Å². The summed E-state index contributed by atoms with van der Waals surface area (Å²) in [6.45, 7) is 0.588. The molecule has 0 bridgehead atoms. The number of nitrogens with one attached hydrogen (secondary N) is 1. The largest absolute Gasteiger partial charge is 0.400 e. The van der Waals surface area contributed by atoms with E-state index in [-0.39, 0.29) is 17.3 Å². The molecule has 1 aliphatic rings. The summed E-state index contributed by atoms with van der Waals surface area (Å²) < 4.78 is 1.22. The number of allylic oxidation sites excluding steroid dienone is 2. The molecule has 0 spiro atoms. The molecule has 42 heavy (non-hydrogen) atoms. The van der Waals surface area contributed by atoms with E-state index in [9.17, 15) is 9.59 Å². The van der Waals surface area contributed by atoms with Crippen molar-refractivity contribution in [2.45, 2.75) is 25.7 Å². The van der Waals surface area contributed by atoms with E-state index in [0.717, 1.165) is 43.9 Å². The van der Waals surface area contributed by atoms with Gasteiger partial charge in [-0.3, -0.25) is 9.59 Å². The SMILES string of the molecule is CO.[NH3+]C1=C(NCCCc2ccc(-c3ccc4sc(CCc5ccccc5)nc4c3)cc2)C(=O)c2ccccc2C1=O. The highest BCUT2D eigenvalue weighted by molar-refractivity contribution is 7.18. The van der Waals surface area contributed by atoms with Gasteiger partial charge in [-0.25, -0.2) is 4.98 Å². The lowest BCUT2D eigenvalue weighted by molar-refractivity contribution is -0.294. The van der Waals surface area contributed by atoms with Crippen molar-refractivity contribution in [2.24, 2.45) is 0 Å². The van der Waals surface area contributed by atoms with Gasteiger partial charge in [-0.05, 0) is 53.6 Å². The Labute approximate surface area is 249 Å². The average molecular weight is 577 g/mol. The van der Waals surface area contributed by atoms with Crippen molar-refractivity contribution < 1.29 is 20.4 Å². The standard InChI is InChI=1S/C34H29N3O2S.CH4O/c35-31-32(34(39)27-11-5-4-10-26(27)33(31)38)36-20-6-9-23-12-15-24(16-13-23)25-17-18-29-28(21-25)37-30(40-29)19-14-22-7-2-1-3-8-22;1-2/h1-5,7-8,10-13,15-18,21,36H,6,9,14,19-20,35H2;2H,1H3/p+1. The molecule has 0 saturated carbocycles. The summed E-state index contributed by atoms with van der Waals surface area (Å²) in [5, 5.41) is 11.3. The summed E-state index contributed by atoms with van der Waals surface area (Å²) in [6, 6.07) is 32.6. The highest BCUT2D eigenvalue weighted by atomic mass is 32.1. The van der Waals surface area contributed by atoms with Gasteiger partial charge in [-0.2, -0.15) is 0 Å². The maximum absolute atomic E-state index is 12.9. The van der Waals surface area contributed by atoms with Gasteiger partial charge >= 0.3 is 0 Å². The summed E-state index contributed by atoms with van der Waals surface area (Å²) in [5.41, 5.74) is 11.3. The van der Waals surface area contributed by atoms with Gasteiger partial charge in [0.25, 0.3) is 0 Å². The number of aliphatic hydroxyl groups excluding tert-OH is 1. The summed E-state index contributed by atoms with van der Waals surface area (Å²) in [7, 11) is 1.00. The quantitative estimate of drug-likeness (QED) is 0.203. The van der Waals surface area contributed by atoms with Crippen molar-refractivity contribution in [3.05, 3.63) is 136 Å². The van der Waals surface area contributed by atoms with E-state index in [4.69, 9.17) is 10.1 Å². The Bertz CT molecular complexity index is 1740. The van der Waals surface area contributed by atoms with Crippen LogP contribution in [0, 0.1) is 0 Å². The van der Waals surface area contributed by atoms with Crippen molar-refractivity contribution in [3.63, 3.8) is 0 Å². The molecule has 1 heterocycles. The fraction of sp³-hybridized carbons (Fsp3) is 0.171. The third kappa shape index (κ3) is 6.39. The van der Waals surface area contributed by atoms with E-state index in [1.165, 1.54) is 26.4 Å².